The summed E-state index contributed by atoms with van der Waals surface area (Å²) in [7, 11) is -1.02. The zero-order valence-corrected chi connectivity index (χ0v) is 21.5. The largest absolute Gasteiger partial charge is 0.255 e. The summed E-state index contributed by atoms with van der Waals surface area (Å²) in [5.41, 5.74) is 4.95. The van der Waals surface area contributed by atoms with Crippen molar-refractivity contribution in [3.8, 4) is 21.6 Å². The van der Waals surface area contributed by atoms with Crippen molar-refractivity contribution in [2.75, 3.05) is 6.26 Å². The number of hydrogen-bond acceptors (Lipinski definition) is 2. The fourth-order valence-electron chi connectivity index (χ4n) is 4.66. The molecule has 5 aromatic rings. The van der Waals surface area contributed by atoms with Gasteiger partial charge in [0.15, 0.2) is 0 Å². The van der Waals surface area contributed by atoms with Gasteiger partial charge in [-0.3, -0.25) is 4.21 Å². The maximum Gasteiger partial charge on any atom is 0.0504 e. The molecule has 1 aromatic heterocycles. The molecule has 0 fully saturated rings. The molecule has 4 aromatic carbocycles. The Morgan fingerprint density at radius 3 is 2.38 bits per heavy atom. The number of fused-ring (bicyclic) bond motifs is 2. The van der Waals surface area contributed by atoms with E-state index in [0.29, 0.717) is 0 Å². The van der Waals surface area contributed by atoms with Crippen LogP contribution < -0.4 is 0 Å². The van der Waals surface area contributed by atoms with Crippen molar-refractivity contribution in [3.63, 3.8) is 0 Å². The van der Waals surface area contributed by atoms with Crippen molar-refractivity contribution in [3.05, 3.63) is 90.5 Å². The van der Waals surface area contributed by atoms with Crippen LogP contribution in [0.25, 0.3) is 42.4 Å². The van der Waals surface area contributed by atoms with Crippen molar-refractivity contribution in [2.45, 2.75) is 43.9 Å². The summed E-state index contributed by atoms with van der Waals surface area (Å²) in [6.07, 6.45) is 7.89. The van der Waals surface area contributed by atoms with Gasteiger partial charge in [-0.1, -0.05) is 74.7 Å². The van der Waals surface area contributed by atoms with Gasteiger partial charge in [0.25, 0.3) is 0 Å². The quantitative estimate of drug-likeness (QED) is 0.201. The van der Waals surface area contributed by atoms with E-state index in [4.69, 9.17) is 0 Å². The minimum Gasteiger partial charge on any atom is -0.255 e. The maximum absolute atomic E-state index is 12.5. The number of hydrogen-bond donors (Lipinski definition) is 0. The Labute approximate surface area is 208 Å². The first-order valence-electron chi connectivity index (χ1n) is 12.1. The average molecular weight is 483 g/mol. The van der Waals surface area contributed by atoms with E-state index in [0.717, 1.165) is 16.9 Å². The van der Waals surface area contributed by atoms with Crippen molar-refractivity contribution in [2.24, 2.45) is 0 Å². The molecule has 0 bridgehead atoms. The second-order valence-electron chi connectivity index (χ2n) is 9.02. The molecule has 172 valence electrons. The molecule has 0 N–H and O–H groups in total. The van der Waals surface area contributed by atoms with E-state index < -0.39 is 10.8 Å². The molecule has 0 aliphatic rings. The van der Waals surface area contributed by atoms with Crippen LogP contribution in [-0.4, -0.2) is 10.5 Å². The minimum atomic E-state index is -1.02. The summed E-state index contributed by atoms with van der Waals surface area (Å²) >= 11 is 1.80. The van der Waals surface area contributed by atoms with E-state index in [9.17, 15) is 4.21 Å². The molecular formula is C31H30OS2. The Morgan fingerprint density at radius 2 is 1.59 bits per heavy atom. The molecule has 0 saturated heterocycles. The van der Waals surface area contributed by atoms with Crippen molar-refractivity contribution in [1.82, 2.24) is 0 Å². The van der Waals surface area contributed by atoms with Gasteiger partial charge in [0.05, 0.1) is 10.8 Å². The predicted octanol–water partition coefficient (Wildman–Crippen LogP) is 9.25. The van der Waals surface area contributed by atoms with Gasteiger partial charge in [0.2, 0.25) is 0 Å². The summed E-state index contributed by atoms with van der Waals surface area (Å²) in [4.78, 5) is 2.13. The van der Waals surface area contributed by atoms with Crippen molar-refractivity contribution >= 4 is 43.0 Å². The van der Waals surface area contributed by atoms with E-state index in [2.05, 4.69) is 91.9 Å². The van der Waals surface area contributed by atoms with E-state index in [1.165, 1.54) is 68.1 Å². The SMILES string of the molecule is CCCCCCc1ccc(S(C)=O)c(-c2cc3cc4cc(-c5ccccc5)ccc4cc3s2)c1. The van der Waals surface area contributed by atoms with Gasteiger partial charge in [0.1, 0.15) is 0 Å². The topological polar surface area (TPSA) is 17.1 Å². The Hall–Kier alpha value is -2.75. The monoisotopic (exact) mass is 482 g/mol. The second-order valence-corrected chi connectivity index (χ2v) is 11.5. The van der Waals surface area contributed by atoms with Gasteiger partial charge in [-0.15, -0.1) is 11.3 Å². The van der Waals surface area contributed by atoms with Gasteiger partial charge in [-0.05, 0) is 82.1 Å². The van der Waals surface area contributed by atoms with Crippen LogP contribution in [0.2, 0.25) is 0 Å². The lowest BCUT2D eigenvalue weighted by Crippen LogP contribution is -1.94. The molecular weight excluding hydrogens is 452 g/mol. The number of unbranched alkanes of at least 4 members (excludes halogenated alkanes) is 3. The molecule has 0 spiro atoms. The highest BCUT2D eigenvalue weighted by Gasteiger charge is 2.13. The summed E-state index contributed by atoms with van der Waals surface area (Å²) in [6.45, 7) is 2.25. The molecule has 0 radical (unpaired) electrons. The fraction of sp³-hybridized carbons (Fsp3) is 0.226. The molecule has 1 heterocycles. The standard InChI is InChI=1S/C31H30OS2/c1-3-4-5-7-10-22-13-16-31(34(2)32)28(17-22)30-21-27-19-26-18-24(23-11-8-6-9-12-23)14-15-25(26)20-29(27)33-30/h6,8-9,11-21H,3-5,7,10H2,1-2H3. The van der Waals surface area contributed by atoms with Gasteiger partial charge in [-0.2, -0.15) is 0 Å². The normalized spacial score (nSPS) is 12.4. The van der Waals surface area contributed by atoms with E-state index in [-0.39, 0.29) is 0 Å². The predicted molar refractivity (Wildman–Crippen MR) is 150 cm³/mol. The third-order valence-corrected chi connectivity index (χ3v) is 8.63. The average Bonchev–Trinajstić information content (AvgIpc) is 3.28. The Bertz CT molecular complexity index is 1460. The van der Waals surface area contributed by atoms with Crippen molar-refractivity contribution < 1.29 is 4.21 Å². The first kappa shape index (κ1) is 23.0. The molecule has 3 heteroatoms. The van der Waals surface area contributed by atoms with Crippen LogP contribution in [0.4, 0.5) is 0 Å². The van der Waals surface area contributed by atoms with Crippen molar-refractivity contribution in [1.29, 1.82) is 0 Å². The molecule has 0 amide bonds. The molecule has 34 heavy (non-hydrogen) atoms. The zero-order valence-electron chi connectivity index (χ0n) is 19.8. The number of benzene rings is 4. The molecule has 1 unspecified atom stereocenters. The summed E-state index contributed by atoms with van der Waals surface area (Å²) < 4.78 is 13.8. The van der Waals surface area contributed by atoms with Crippen LogP contribution >= 0.6 is 11.3 Å². The summed E-state index contributed by atoms with van der Waals surface area (Å²) in [5.74, 6) is 0. The molecule has 1 atom stereocenters. The lowest BCUT2D eigenvalue weighted by Gasteiger charge is -2.09. The smallest absolute Gasteiger partial charge is 0.0504 e. The van der Waals surface area contributed by atoms with Gasteiger partial charge in [0, 0.05) is 26.3 Å². The summed E-state index contributed by atoms with van der Waals surface area (Å²) in [6, 6.07) is 30.6. The molecule has 1 nitrogen and oxygen atoms in total. The van der Waals surface area contributed by atoms with Gasteiger partial charge < -0.3 is 0 Å². The highest BCUT2D eigenvalue weighted by molar-refractivity contribution is 7.84. The maximum atomic E-state index is 12.5. The summed E-state index contributed by atoms with van der Waals surface area (Å²) in [5, 5.41) is 3.76. The minimum absolute atomic E-state index is 0.930. The molecule has 0 aliphatic heterocycles. The lowest BCUT2D eigenvalue weighted by molar-refractivity contribution is 0.666. The van der Waals surface area contributed by atoms with Crippen LogP contribution in [-0.2, 0) is 17.2 Å². The van der Waals surface area contributed by atoms with Crippen LogP contribution in [0.15, 0.2) is 89.8 Å². The van der Waals surface area contributed by atoms with Crippen LogP contribution in [0.5, 0.6) is 0 Å². The lowest BCUT2D eigenvalue weighted by atomic mass is 10.00. The number of rotatable bonds is 8. The van der Waals surface area contributed by atoms with Gasteiger partial charge >= 0.3 is 0 Å². The first-order chi connectivity index (χ1) is 16.6. The highest BCUT2D eigenvalue weighted by atomic mass is 32.2. The van der Waals surface area contributed by atoms with Crippen LogP contribution in [0.1, 0.15) is 38.2 Å². The highest BCUT2D eigenvalue weighted by Crippen LogP contribution is 2.39. The van der Waals surface area contributed by atoms with Crippen LogP contribution in [0, 0.1) is 0 Å². The number of aryl methyl sites for hydroxylation is 1. The van der Waals surface area contributed by atoms with E-state index in [1.807, 2.05) is 0 Å². The third kappa shape index (κ3) is 4.87. The van der Waals surface area contributed by atoms with Crippen LogP contribution in [0.3, 0.4) is 0 Å². The third-order valence-electron chi connectivity index (χ3n) is 6.52. The Morgan fingerprint density at radius 1 is 0.735 bits per heavy atom. The Balaban J connectivity index is 1.54. The van der Waals surface area contributed by atoms with E-state index >= 15 is 0 Å². The zero-order chi connectivity index (χ0) is 23.5. The molecule has 0 aliphatic carbocycles. The first-order valence-corrected chi connectivity index (χ1v) is 14.5. The van der Waals surface area contributed by atoms with Gasteiger partial charge in [-0.25, -0.2) is 0 Å². The molecule has 0 saturated carbocycles. The fourth-order valence-corrected chi connectivity index (χ4v) is 6.59. The molecule has 5 rings (SSSR count). The second kappa shape index (κ2) is 10.2. The van der Waals surface area contributed by atoms with E-state index in [1.54, 1.807) is 17.6 Å². The Kier molecular flexibility index (Phi) is 6.94. The number of thiophene rings is 1.